The van der Waals surface area contributed by atoms with E-state index >= 15 is 0 Å². The first-order valence-corrected chi connectivity index (χ1v) is 8.27. The number of halogens is 1. The van der Waals surface area contributed by atoms with Crippen molar-refractivity contribution in [2.75, 3.05) is 7.05 Å². The van der Waals surface area contributed by atoms with Gasteiger partial charge in [-0.1, -0.05) is 0 Å². The van der Waals surface area contributed by atoms with Crippen LogP contribution >= 0.6 is 15.9 Å². The third kappa shape index (κ3) is 3.87. The summed E-state index contributed by atoms with van der Waals surface area (Å²) in [5.41, 5.74) is -0.119. The van der Waals surface area contributed by atoms with Crippen LogP contribution in [-0.4, -0.2) is 47.3 Å². The molecule has 2 aromatic rings. The van der Waals surface area contributed by atoms with Gasteiger partial charge in [0.05, 0.1) is 26.7 Å². The fourth-order valence-electron chi connectivity index (χ4n) is 2.28. The minimum Gasteiger partial charge on any atom is -0.358 e. The van der Waals surface area contributed by atoms with Gasteiger partial charge in [-0.05, 0) is 34.7 Å². The highest BCUT2D eigenvalue weighted by atomic mass is 79.9. The second-order valence-corrected chi connectivity index (χ2v) is 6.31. The summed E-state index contributed by atoms with van der Waals surface area (Å²) in [7, 11) is 1.54. The molecule has 26 heavy (non-hydrogen) atoms. The van der Waals surface area contributed by atoms with Crippen molar-refractivity contribution >= 4 is 33.3 Å². The van der Waals surface area contributed by atoms with Gasteiger partial charge in [-0.2, -0.15) is 9.78 Å². The number of hydrogen-bond donors (Lipinski definition) is 0. The summed E-state index contributed by atoms with van der Waals surface area (Å²) in [5, 5.41) is 29.9. The maximum atomic E-state index is 12.4. The fourth-order valence-corrected chi connectivity index (χ4v) is 2.72. The monoisotopic (exact) mass is 429 g/mol. The molecule has 0 aliphatic carbocycles. The number of aryl methyl sites for hydroxylation is 1. The van der Waals surface area contributed by atoms with Crippen molar-refractivity contribution in [3.05, 3.63) is 42.3 Å². The number of carbonyl (C=O) groups is 1. The molecule has 0 saturated carbocycles. The SMILES string of the molecule is CCn1cc(Br)c(CN(C)C(=O)Cn2nc([N+](=O)[O-])c([N+](=O)[O-])c2C)n1. The number of likely N-dealkylation sites (N-methyl/N-ethyl adjacent to an activating group) is 1. The summed E-state index contributed by atoms with van der Waals surface area (Å²) in [4.78, 5) is 33.9. The zero-order chi connectivity index (χ0) is 19.6. The number of nitro groups is 2. The Labute approximate surface area is 155 Å². The van der Waals surface area contributed by atoms with Gasteiger partial charge in [0.15, 0.2) is 0 Å². The lowest BCUT2D eigenvalue weighted by Crippen LogP contribution is -2.30. The minimum atomic E-state index is -0.940. The highest BCUT2D eigenvalue weighted by molar-refractivity contribution is 9.10. The lowest BCUT2D eigenvalue weighted by atomic mass is 10.3. The lowest BCUT2D eigenvalue weighted by Gasteiger charge is -2.15. The Morgan fingerprint density at radius 1 is 1.31 bits per heavy atom. The molecule has 140 valence electrons. The molecule has 2 rings (SSSR count). The van der Waals surface area contributed by atoms with Gasteiger partial charge in [0.25, 0.3) is 0 Å². The number of carbonyl (C=O) groups excluding carboxylic acids is 1. The molecule has 0 fully saturated rings. The summed E-state index contributed by atoms with van der Waals surface area (Å²) < 4.78 is 3.43. The maximum Gasteiger partial charge on any atom is 0.468 e. The van der Waals surface area contributed by atoms with Gasteiger partial charge < -0.3 is 15.0 Å². The summed E-state index contributed by atoms with van der Waals surface area (Å²) >= 11 is 3.37. The van der Waals surface area contributed by atoms with Crippen molar-refractivity contribution in [3.63, 3.8) is 0 Å². The zero-order valence-electron chi connectivity index (χ0n) is 14.2. The van der Waals surface area contributed by atoms with Crippen molar-refractivity contribution in [2.24, 2.45) is 0 Å². The van der Waals surface area contributed by atoms with E-state index in [1.807, 2.05) is 6.92 Å². The summed E-state index contributed by atoms with van der Waals surface area (Å²) in [5.74, 6) is -1.30. The van der Waals surface area contributed by atoms with Gasteiger partial charge in [0.2, 0.25) is 5.91 Å². The Hall–Kier alpha value is -2.83. The molecule has 0 atom stereocenters. The van der Waals surface area contributed by atoms with Crippen LogP contribution in [0.2, 0.25) is 0 Å². The second-order valence-electron chi connectivity index (χ2n) is 5.46. The molecule has 0 unspecified atom stereocenters. The van der Waals surface area contributed by atoms with Crippen molar-refractivity contribution in [3.8, 4) is 0 Å². The van der Waals surface area contributed by atoms with Crippen LogP contribution in [0.4, 0.5) is 11.5 Å². The molecule has 0 saturated heterocycles. The van der Waals surface area contributed by atoms with Gasteiger partial charge in [-0.3, -0.25) is 19.6 Å². The first kappa shape index (κ1) is 19.5. The predicted octanol–water partition coefficient (Wildman–Crippen LogP) is 1.65. The van der Waals surface area contributed by atoms with E-state index in [0.717, 1.165) is 9.15 Å². The number of amides is 1. The Morgan fingerprint density at radius 2 is 1.96 bits per heavy atom. The van der Waals surface area contributed by atoms with E-state index in [2.05, 4.69) is 26.1 Å². The molecule has 0 spiro atoms. The van der Waals surface area contributed by atoms with Gasteiger partial charge >= 0.3 is 11.5 Å². The Kier molecular flexibility index (Phi) is 5.69. The molecule has 0 radical (unpaired) electrons. The number of hydrogen-bond acceptors (Lipinski definition) is 7. The lowest BCUT2D eigenvalue weighted by molar-refractivity contribution is -0.424. The topological polar surface area (TPSA) is 142 Å². The molecular weight excluding hydrogens is 414 g/mol. The standard InChI is InChI=1S/C13H16BrN7O5/c1-4-18-5-9(14)10(15-18)6-17(3)11(22)7-19-8(2)12(20(23)24)13(16-19)21(25)26/h5H,4,6-7H2,1-3H3. The normalized spacial score (nSPS) is 10.8. The van der Waals surface area contributed by atoms with Crippen LogP contribution in [0.1, 0.15) is 18.3 Å². The summed E-state index contributed by atoms with van der Waals surface area (Å²) in [6, 6.07) is 0. The van der Waals surface area contributed by atoms with E-state index in [1.54, 1.807) is 17.9 Å². The van der Waals surface area contributed by atoms with Gasteiger partial charge in [-0.15, -0.1) is 0 Å². The van der Waals surface area contributed by atoms with Crippen molar-refractivity contribution in [1.82, 2.24) is 24.5 Å². The molecule has 0 aliphatic heterocycles. The number of rotatable bonds is 7. The molecule has 2 aromatic heterocycles. The van der Waals surface area contributed by atoms with Gasteiger partial charge in [0, 0.05) is 19.8 Å². The first-order chi connectivity index (χ1) is 12.1. The van der Waals surface area contributed by atoms with E-state index in [-0.39, 0.29) is 18.8 Å². The largest absolute Gasteiger partial charge is 0.468 e. The van der Waals surface area contributed by atoms with Crippen LogP contribution in [-0.2, 0) is 24.4 Å². The average molecular weight is 430 g/mol. The third-order valence-corrected chi connectivity index (χ3v) is 4.38. The number of aromatic nitrogens is 4. The molecule has 0 aromatic carbocycles. The smallest absolute Gasteiger partial charge is 0.358 e. The van der Waals surface area contributed by atoms with Crippen LogP contribution < -0.4 is 0 Å². The molecule has 1 amide bonds. The van der Waals surface area contributed by atoms with Crippen LogP contribution in [0.3, 0.4) is 0 Å². The molecule has 0 aliphatic rings. The highest BCUT2D eigenvalue weighted by Crippen LogP contribution is 2.29. The highest BCUT2D eigenvalue weighted by Gasteiger charge is 2.36. The van der Waals surface area contributed by atoms with E-state index in [0.29, 0.717) is 12.2 Å². The van der Waals surface area contributed by atoms with Crippen molar-refractivity contribution < 1.29 is 14.6 Å². The van der Waals surface area contributed by atoms with E-state index in [4.69, 9.17) is 0 Å². The quantitative estimate of drug-likeness (QED) is 0.480. The summed E-state index contributed by atoms with van der Waals surface area (Å²) in [6.07, 6.45) is 1.79. The van der Waals surface area contributed by atoms with E-state index in [1.165, 1.54) is 11.8 Å². The van der Waals surface area contributed by atoms with Crippen LogP contribution in [0, 0.1) is 27.2 Å². The van der Waals surface area contributed by atoms with E-state index < -0.39 is 27.3 Å². The average Bonchev–Trinajstić information content (AvgIpc) is 3.08. The summed E-state index contributed by atoms with van der Waals surface area (Å²) in [6.45, 7) is 3.76. The Bertz CT molecular complexity index is 875. The minimum absolute atomic E-state index is 0.0557. The maximum absolute atomic E-state index is 12.4. The zero-order valence-corrected chi connectivity index (χ0v) is 15.8. The van der Waals surface area contributed by atoms with Crippen LogP contribution in [0.5, 0.6) is 0 Å². The molecular formula is C13H16BrN7O5. The van der Waals surface area contributed by atoms with Crippen molar-refractivity contribution in [2.45, 2.75) is 33.5 Å². The first-order valence-electron chi connectivity index (χ1n) is 7.47. The molecule has 0 N–H and O–H groups in total. The Morgan fingerprint density at radius 3 is 2.42 bits per heavy atom. The van der Waals surface area contributed by atoms with Crippen molar-refractivity contribution in [1.29, 1.82) is 0 Å². The van der Waals surface area contributed by atoms with Crippen LogP contribution in [0.15, 0.2) is 10.7 Å². The Balaban J connectivity index is 2.18. The number of nitrogens with zero attached hydrogens (tertiary/aromatic N) is 7. The second kappa shape index (κ2) is 7.59. The fraction of sp³-hybridized carbons (Fsp3) is 0.462. The van der Waals surface area contributed by atoms with E-state index in [9.17, 15) is 25.0 Å². The molecule has 13 heteroatoms. The molecule has 12 nitrogen and oxygen atoms in total. The molecule has 0 bridgehead atoms. The van der Waals surface area contributed by atoms with Crippen LogP contribution in [0.25, 0.3) is 0 Å². The molecule has 2 heterocycles. The van der Waals surface area contributed by atoms with Gasteiger partial charge in [-0.25, -0.2) is 0 Å². The third-order valence-electron chi connectivity index (χ3n) is 3.72. The predicted molar refractivity (Wildman–Crippen MR) is 92.3 cm³/mol. The van der Waals surface area contributed by atoms with Gasteiger partial charge in [0.1, 0.15) is 12.2 Å².